The minimum Gasteiger partial charge on any atom is -0.497 e. The molecule has 0 bridgehead atoms. The quantitative estimate of drug-likeness (QED) is 0.344. The highest BCUT2D eigenvalue weighted by atomic mass is 35.5. The predicted octanol–water partition coefficient (Wildman–Crippen LogP) is 4.46. The van der Waals surface area contributed by atoms with E-state index in [-0.39, 0.29) is 10.9 Å². The van der Waals surface area contributed by atoms with Crippen molar-refractivity contribution >= 4 is 41.2 Å². The van der Waals surface area contributed by atoms with Crippen LogP contribution in [0.1, 0.15) is 32.8 Å². The Morgan fingerprint density at radius 1 is 1.00 bits per heavy atom. The summed E-state index contributed by atoms with van der Waals surface area (Å²) in [5.41, 5.74) is 3.10. The first kappa shape index (κ1) is 27.3. The average Bonchev–Trinajstić information content (AvgIpc) is 2.79. The van der Waals surface area contributed by atoms with Crippen LogP contribution in [0.4, 0.5) is 0 Å². The second-order valence-electron chi connectivity index (χ2n) is 7.87. The van der Waals surface area contributed by atoms with Crippen molar-refractivity contribution in [3.63, 3.8) is 0 Å². The number of benzene rings is 2. The third kappa shape index (κ3) is 8.11. The second kappa shape index (κ2) is 13.1. The Labute approximate surface area is 209 Å². The molecule has 10 heteroatoms. The van der Waals surface area contributed by atoms with Gasteiger partial charge < -0.3 is 19.5 Å². The number of ether oxygens (including phenoxy) is 3. The van der Waals surface area contributed by atoms with Gasteiger partial charge in [-0.25, -0.2) is 5.43 Å². The van der Waals surface area contributed by atoms with Gasteiger partial charge in [0.15, 0.2) is 6.10 Å². The van der Waals surface area contributed by atoms with Gasteiger partial charge in [0.25, 0.3) is 11.8 Å². The lowest BCUT2D eigenvalue weighted by Gasteiger charge is -2.22. The lowest BCUT2D eigenvalue weighted by molar-refractivity contribution is -0.132. The first-order valence-electron chi connectivity index (χ1n) is 10.6. The van der Waals surface area contributed by atoms with Gasteiger partial charge in [-0.1, -0.05) is 37.0 Å². The standard InChI is InChI=1S/C24H29Cl2N3O5/c1-14(2)10-20(28-23(30)15(3)34-22-8-6-17(25)12-19(22)26)24(31)29-27-13-16-11-18(32-4)7-9-21(16)33-5/h6-9,11-15,20H,10H2,1-5H3,(H,28,30)(H,29,31)/b27-13-/t15-,20+/m1/s1. The van der Waals surface area contributed by atoms with Gasteiger partial charge in [-0.3, -0.25) is 9.59 Å². The largest absolute Gasteiger partial charge is 0.497 e. The molecule has 0 radical (unpaired) electrons. The molecular weight excluding hydrogens is 481 g/mol. The van der Waals surface area contributed by atoms with Gasteiger partial charge in [-0.15, -0.1) is 0 Å². The third-order valence-electron chi connectivity index (χ3n) is 4.72. The zero-order valence-electron chi connectivity index (χ0n) is 19.7. The summed E-state index contributed by atoms with van der Waals surface area (Å²) < 4.78 is 16.1. The molecule has 8 nitrogen and oxygen atoms in total. The number of hydrazone groups is 1. The zero-order chi connectivity index (χ0) is 25.3. The molecule has 2 aromatic carbocycles. The van der Waals surface area contributed by atoms with Gasteiger partial charge in [0, 0.05) is 10.6 Å². The van der Waals surface area contributed by atoms with Crippen LogP contribution in [-0.2, 0) is 9.59 Å². The van der Waals surface area contributed by atoms with Crippen molar-refractivity contribution < 1.29 is 23.8 Å². The van der Waals surface area contributed by atoms with Gasteiger partial charge in [-0.2, -0.15) is 5.10 Å². The zero-order valence-corrected chi connectivity index (χ0v) is 21.2. The monoisotopic (exact) mass is 509 g/mol. The first-order chi connectivity index (χ1) is 16.1. The number of amides is 2. The molecule has 0 saturated heterocycles. The number of carbonyl (C=O) groups is 2. The second-order valence-corrected chi connectivity index (χ2v) is 8.71. The molecule has 0 aliphatic rings. The fourth-order valence-corrected chi connectivity index (χ4v) is 3.44. The molecular formula is C24H29Cl2N3O5. The topological polar surface area (TPSA) is 98.3 Å². The Morgan fingerprint density at radius 3 is 2.32 bits per heavy atom. The highest BCUT2D eigenvalue weighted by molar-refractivity contribution is 6.35. The van der Waals surface area contributed by atoms with Crippen molar-refractivity contribution in [2.24, 2.45) is 11.0 Å². The summed E-state index contributed by atoms with van der Waals surface area (Å²) in [7, 11) is 3.09. The van der Waals surface area contributed by atoms with Crippen LogP contribution in [0, 0.1) is 5.92 Å². The number of nitrogens with one attached hydrogen (secondary N) is 2. The van der Waals surface area contributed by atoms with Crippen LogP contribution in [0.25, 0.3) is 0 Å². The summed E-state index contributed by atoms with van der Waals surface area (Å²) >= 11 is 12.0. The molecule has 2 atom stereocenters. The Morgan fingerprint density at radius 2 is 1.71 bits per heavy atom. The number of hydrogen-bond donors (Lipinski definition) is 2. The van der Waals surface area contributed by atoms with Gasteiger partial charge in [0.2, 0.25) is 0 Å². The van der Waals surface area contributed by atoms with Crippen molar-refractivity contribution in [2.75, 3.05) is 14.2 Å². The molecule has 0 fully saturated rings. The molecule has 0 heterocycles. The maximum Gasteiger partial charge on any atom is 0.262 e. The van der Waals surface area contributed by atoms with E-state index in [0.29, 0.717) is 34.3 Å². The van der Waals surface area contributed by atoms with Crippen LogP contribution < -0.4 is 25.0 Å². The van der Waals surface area contributed by atoms with E-state index in [9.17, 15) is 9.59 Å². The fourth-order valence-electron chi connectivity index (χ4n) is 2.99. The van der Waals surface area contributed by atoms with E-state index in [1.165, 1.54) is 19.4 Å². The maximum atomic E-state index is 12.8. The molecule has 0 aromatic heterocycles. The first-order valence-corrected chi connectivity index (χ1v) is 11.4. The molecule has 0 aliphatic heterocycles. The van der Waals surface area contributed by atoms with E-state index >= 15 is 0 Å². The van der Waals surface area contributed by atoms with E-state index in [1.807, 2.05) is 13.8 Å². The normalized spacial score (nSPS) is 12.8. The van der Waals surface area contributed by atoms with Crippen molar-refractivity contribution in [3.05, 3.63) is 52.0 Å². The van der Waals surface area contributed by atoms with E-state index in [1.54, 1.807) is 44.4 Å². The summed E-state index contributed by atoms with van der Waals surface area (Å²) in [5.74, 6) is 0.712. The van der Waals surface area contributed by atoms with E-state index < -0.39 is 24.0 Å². The van der Waals surface area contributed by atoms with Crippen LogP contribution >= 0.6 is 23.2 Å². The molecule has 0 unspecified atom stereocenters. The smallest absolute Gasteiger partial charge is 0.262 e. The molecule has 0 aliphatic carbocycles. The van der Waals surface area contributed by atoms with E-state index in [2.05, 4.69) is 15.8 Å². The van der Waals surface area contributed by atoms with Crippen LogP contribution in [0.5, 0.6) is 17.2 Å². The summed E-state index contributed by atoms with van der Waals surface area (Å²) in [5, 5.41) is 7.48. The number of hydrogen-bond acceptors (Lipinski definition) is 6. The summed E-state index contributed by atoms with van der Waals surface area (Å²) in [4.78, 5) is 25.5. The molecule has 34 heavy (non-hydrogen) atoms. The Kier molecular flexibility index (Phi) is 10.5. The predicted molar refractivity (Wildman–Crippen MR) is 133 cm³/mol. The highest BCUT2D eigenvalue weighted by Gasteiger charge is 2.25. The van der Waals surface area contributed by atoms with Gasteiger partial charge in [-0.05, 0) is 55.7 Å². The van der Waals surface area contributed by atoms with Crippen LogP contribution in [-0.4, -0.2) is 44.4 Å². The van der Waals surface area contributed by atoms with Crippen LogP contribution in [0.2, 0.25) is 10.0 Å². The third-order valence-corrected chi connectivity index (χ3v) is 5.25. The molecule has 2 amide bonds. The number of nitrogens with zero attached hydrogens (tertiary/aromatic N) is 1. The van der Waals surface area contributed by atoms with Gasteiger partial charge >= 0.3 is 0 Å². The molecule has 2 rings (SSSR count). The van der Waals surface area contributed by atoms with Crippen molar-refractivity contribution in [1.29, 1.82) is 0 Å². The number of rotatable bonds is 11. The molecule has 0 spiro atoms. The Bertz CT molecular complexity index is 1030. The fraction of sp³-hybridized carbons (Fsp3) is 0.375. The highest BCUT2D eigenvalue weighted by Crippen LogP contribution is 2.28. The number of halogens is 2. The van der Waals surface area contributed by atoms with Gasteiger partial charge in [0.05, 0.1) is 25.5 Å². The summed E-state index contributed by atoms with van der Waals surface area (Å²) in [6.07, 6.45) is 0.955. The molecule has 2 aromatic rings. The van der Waals surface area contributed by atoms with Gasteiger partial charge in [0.1, 0.15) is 23.3 Å². The minimum atomic E-state index is -0.898. The lowest BCUT2D eigenvalue weighted by atomic mass is 10.0. The maximum absolute atomic E-state index is 12.8. The number of methoxy groups -OCH3 is 2. The van der Waals surface area contributed by atoms with Crippen LogP contribution in [0.15, 0.2) is 41.5 Å². The molecule has 2 N–H and O–H groups in total. The summed E-state index contributed by atoms with van der Waals surface area (Å²) in [6.45, 7) is 5.46. The minimum absolute atomic E-state index is 0.139. The summed E-state index contributed by atoms with van der Waals surface area (Å²) in [6, 6.07) is 9.10. The van der Waals surface area contributed by atoms with E-state index in [4.69, 9.17) is 37.4 Å². The Balaban J connectivity index is 2.06. The van der Waals surface area contributed by atoms with E-state index in [0.717, 1.165) is 0 Å². The molecule has 0 saturated carbocycles. The van der Waals surface area contributed by atoms with Crippen LogP contribution in [0.3, 0.4) is 0 Å². The van der Waals surface area contributed by atoms with Crippen molar-refractivity contribution in [1.82, 2.24) is 10.7 Å². The SMILES string of the molecule is COc1ccc(OC)c(/C=N\NC(=O)[C@H](CC(C)C)NC(=O)[C@@H](C)Oc2ccc(Cl)cc2Cl)c1. The molecule has 184 valence electrons. The van der Waals surface area contributed by atoms with Crippen molar-refractivity contribution in [2.45, 2.75) is 39.3 Å². The number of carbonyl (C=O) groups excluding carboxylic acids is 2. The van der Waals surface area contributed by atoms with Crippen molar-refractivity contribution in [3.8, 4) is 17.2 Å². The Hall–Kier alpha value is -2.97. The average molecular weight is 510 g/mol. The lowest BCUT2D eigenvalue weighted by Crippen LogP contribution is -2.49.